The van der Waals surface area contributed by atoms with Crippen molar-refractivity contribution in [3.8, 4) is 28.4 Å². The van der Waals surface area contributed by atoms with Gasteiger partial charge in [-0.25, -0.2) is 5.26 Å². The number of benzene rings is 4. The molecule has 31 nitrogen and oxygen atoms in total. The minimum atomic E-state index is -2.21. The fourth-order valence-corrected chi connectivity index (χ4v) is 12.3. The number of aliphatic hydroxyl groups excluding tert-OH is 6. The lowest BCUT2D eigenvalue weighted by Gasteiger charge is -2.37. The van der Waals surface area contributed by atoms with Gasteiger partial charge in [0.05, 0.1) is 49.7 Å². The van der Waals surface area contributed by atoms with E-state index in [0.717, 1.165) is 83.0 Å². The van der Waals surface area contributed by atoms with Gasteiger partial charge in [0.2, 0.25) is 41.4 Å². The number of carbonyl (C=O) groups excluding carboxylic acids is 8. The lowest BCUT2D eigenvalue weighted by atomic mass is 9.98. The van der Waals surface area contributed by atoms with Crippen molar-refractivity contribution in [2.45, 2.75) is 132 Å². The first-order valence-corrected chi connectivity index (χ1v) is 32.1. The Hall–Kier alpha value is -8.41. The van der Waals surface area contributed by atoms with Crippen molar-refractivity contribution in [1.29, 1.82) is 0 Å². The molecule has 8 amide bonds. The van der Waals surface area contributed by atoms with Crippen molar-refractivity contribution in [2.75, 3.05) is 75.9 Å². The van der Waals surface area contributed by atoms with Crippen LogP contribution in [0.1, 0.15) is 68.3 Å². The third kappa shape index (κ3) is 19.2. The summed E-state index contributed by atoms with van der Waals surface area (Å²) in [6, 6.07) is 14.8. The monoisotopic (exact) mass is 1360 g/mol. The molecule has 0 aliphatic carbocycles. The maximum Gasteiger partial charge on any atom is 0.261 e. The Labute approximate surface area is 557 Å². The van der Waals surface area contributed by atoms with Crippen LogP contribution in [0.25, 0.3) is 11.1 Å². The SMILES string of the molecule is COCCCCCOc1ccc(-c2ccc(N3CCN(c4ccc(C(=O)NC5CC(O)CNC(=O)C6C(O)C(C)CN6C(=O)C(C(O)CC(N)=O)NC(=O)C(C(O)Cc6ccc(O)c(OSOOO)c6)NC(=O)C6CC(O)CN6C(=O)C(C(C)O)NC5=O)cc4)CC3)cc2)cc1. The van der Waals surface area contributed by atoms with Crippen LogP contribution in [-0.2, 0) is 54.1 Å². The second kappa shape index (κ2) is 34.5. The summed E-state index contributed by atoms with van der Waals surface area (Å²) in [6.07, 6.45) is -10.6. The molecule has 4 fully saturated rings. The molecule has 8 rings (SSSR count). The number of unbranched alkanes of at least 4 members (excludes halogenated alkanes) is 2. The summed E-state index contributed by atoms with van der Waals surface area (Å²) in [7, 11) is 1.70. The van der Waals surface area contributed by atoms with Gasteiger partial charge in [-0.1, -0.05) is 46.6 Å². The lowest BCUT2D eigenvalue weighted by Crippen LogP contribution is -2.64. The number of piperazine rings is 1. The molecule has 0 spiro atoms. The third-order valence-electron chi connectivity index (χ3n) is 17.3. The van der Waals surface area contributed by atoms with E-state index in [1.807, 2.05) is 24.3 Å². The third-order valence-corrected chi connectivity index (χ3v) is 17.6. The predicted octanol–water partition coefficient (Wildman–Crippen LogP) is -1.23. The molecule has 4 aliphatic rings. The number of nitrogens with one attached hydrogen (secondary N) is 5. The number of anilines is 2. The van der Waals surface area contributed by atoms with Gasteiger partial charge in [0, 0.05) is 102 Å². The van der Waals surface area contributed by atoms with E-state index in [1.165, 1.54) is 25.1 Å². The van der Waals surface area contributed by atoms with Crippen LogP contribution in [-0.4, -0.2) is 237 Å². The Kier molecular flexibility index (Phi) is 26.4. The molecule has 0 aromatic heterocycles. The number of methoxy groups -OCH3 is 1. The number of phenolic OH excluding ortho intramolecular Hbond substituents is 1. The average molecular weight is 1360 g/mol. The largest absolute Gasteiger partial charge is 0.504 e. The summed E-state index contributed by atoms with van der Waals surface area (Å²) in [5.74, 6) is -10.1. The molecule has 13 atom stereocenters. The van der Waals surface area contributed by atoms with Gasteiger partial charge in [-0.15, -0.1) is 0 Å². The predicted molar refractivity (Wildman–Crippen MR) is 344 cm³/mol. The number of hydrogen-bond donors (Lipinski definition) is 14. The second-order valence-corrected chi connectivity index (χ2v) is 24.7. The van der Waals surface area contributed by atoms with Gasteiger partial charge < -0.3 is 101 Å². The highest BCUT2D eigenvalue weighted by Gasteiger charge is 2.50. The van der Waals surface area contributed by atoms with Crippen molar-refractivity contribution >= 4 is 71.0 Å². The molecule has 4 heterocycles. The Morgan fingerprint density at radius 2 is 1.30 bits per heavy atom. The van der Waals surface area contributed by atoms with Gasteiger partial charge in [-0.3, -0.25) is 38.4 Å². The van der Waals surface area contributed by atoms with Gasteiger partial charge in [0.1, 0.15) is 42.0 Å². The van der Waals surface area contributed by atoms with E-state index in [0.29, 0.717) is 32.8 Å². The normalized spacial score (nSPS) is 25.1. The quantitative estimate of drug-likeness (QED) is 0.0179. The minimum Gasteiger partial charge on any atom is -0.504 e. The number of carbonyl (C=O) groups is 8. The van der Waals surface area contributed by atoms with Crippen LogP contribution in [0.4, 0.5) is 11.4 Å². The summed E-state index contributed by atoms with van der Waals surface area (Å²) in [6.45, 7) is 4.94. The summed E-state index contributed by atoms with van der Waals surface area (Å²) in [5, 5.41) is 103. The number of phenols is 1. The smallest absolute Gasteiger partial charge is 0.261 e. The number of primary amides is 1. The number of aromatic hydroxyl groups is 1. The molecular formula is C64H84N10O21S. The fourth-order valence-electron chi connectivity index (χ4n) is 12.0. The van der Waals surface area contributed by atoms with Gasteiger partial charge in [-0.2, -0.15) is 0 Å². The molecule has 4 aliphatic heterocycles. The average Bonchev–Trinajstić information content (AvgIpc) is 1.62. The Morgan fingerprint density at radius 1 is 0.698 bits per heavy atom. The summed E-state index contributed by atoms with van der Waals surface area (Å²) >= 11 is 0.0603. The molecule has 0 bridgehead atoms. The Balaban J connectivity index is 1.00. The second-order valence-electron chi connectivity index (χ2n) is 24.3. The number of ether oxygens (including phenoxy) is 2. The fraction of sp³-hybridized carbons (Fsp3) is 0.500. The molecule has 15 N–H and O–H groups in total. The number of hydrogen-bond acceptors (Lipinski definition) is 24. The summed E-state index contributed by atoms with van der Waals surface area (Å²) in [4.78, 5) is 120. The van der Waals surface area contributed by atoms with E-state index in [-0.39, 0.29) is 29.2 Å². The Morgan fingerprint density at radius 3 is 1.93 bits per heavy atom. The van der Waals surface area contributed by atoms with Crippen LogP contribution in [0.2, 0.25) is 0 Å². The lowest BCUT2D eigenvalue weighted by molar-refractivity contribution is -0.433. The number of aliphatic hydroxyl groups is 6. The minimum absolute atomic E-state index is 0.0603. The molecule has 522 valence electrons. The summed E-state index contributed by atoms with van der Waals surface area (Å²) < 4.78 is 20.3. The molecule has 0 saturated carbocycles. The maximum atomic E-state index is 14.7. The number of amides is 8. The van der Waals surface area contributed by atoms with E-state index in [4.69, 9.17) is 24.6 Å². The number of nitrogens with zero attached hydrogens (tertiary/aromatic N) is 4. The highest BCUT2D eigenvalue weighted by Crippen LogP contribution is 2.33. The standard InChI is InChI=1S/C64H84N10O21S/c1-35-33-74-56(57(35)82)62(87)66-32-43(76)29-46(67-58(83)40-10-16-42(17-11-40)72-23-21-71(22-24-72)41-14-8-38(9-15-41)39-12-18-45(19-13-39)92-26-6-4-5-25-91-3)59(84)68-53(36(2)75)63(88)73-34-44(77)30-47(73)60(85)69-54(61(86)70-55(64(74)89)50(80)31-52(65)81)49(79)27-37-7-20-48(78)51(28-37)93-96-95-94-90/h7-20,28,35-36,43-44,46-47,49-50,53-57,75-80,82,90H,4-6,21-27,29-34H2,1-3H3,(H2,65,81)(H,66,87)(H,67,83)(H,68,84)(H,69,85)(H,70,86). The molecule has 0 radical (unpaired) electrons. The zero-order valence-electron chi connectivity index (χ0n) is 53.1. The van der Waals surface area contributed by atoms with Gasteiger partial charge in [0.25, 0.3) is 18.2 Å². The van der Waals surface area contributed by atoms with Gasteiger partial charge in [-0.05, 0) is 104 Å². The van der Waals surface area contributed by atoms with Crippen LogP contribution in [0.15, 0.2) is 91.0 Å². The van der Waals surface area contributed by atoms with Crippen molar-refractivity contribution in [3.05, 3.63) is 102 Å². The van der Waals surface area contributed by atoms with Crippen LogP contribution in [0.5, 0.6) is 17.2 Å². The van der Waals surface area contributed by atoms with Crippen LogP contribution in [0, 0.1) is 5.92 Å². The van der Waals surface area contributed by atoms with Crippen molar-refractivity contribution in [3.63, 3.8) is 0 Å². The molecule has 4 aromatic carbocycles. The molecular weight excluding hydrogens is 1280 g/mol. The van der Waals surface area contributed by atoms with Gasteiger partial charge >= 0.3 is 0 Å². The molecule has 4 aromatic rings. The molecule has 4 saturated heterocycles. The van der Waals surface area contributed by atoms with Gasteiger partial charge in [0.15, 0.2) is 11.5 Å². The topological polar surface area (TPSA) is 444 Å². The van der Waals surface area contributed by atoms with E-state index in [1.54, 1.807) is 19.2 Å². The van der Waals surface area contributed by atoms with Crippen molar-refractivity contribution in [2.24, 2.45) is 11.7 Å². The molecule has 32 heteroatoms. The number of fused-ring (bicyclic) bond motifs is 2. The number of β-amino-alcohol motifs (C(OH)–C–C–N with tert-alkyl or cyclic N) is 1. The first kappa shape index (κ1) is 73.4. The molecule has 13 unspecified atom stereocenters. The maximum absolute atomic E-state index is 14.7. The van der Waals surface area contributed by atoms with E-state index >= 15 is 0 Å². The zero-order valence-corrected chi connectivity index (χ0v) is 54.0. The highest BCUT2D eigenvalue weighted by molar-refractivity contribution is 7.90. The summed E-state index contributed by atoms with van der Waals surface area (Å²) in [5.41, 5.74) is 9.56. The van der Waals surface area contributed by atoms with Crippen LogP contribution in [0.3, 0.4) is 0 Å². The van der Waals surface area contributed by atoms with Crippen LogP contribution < -0.4 is 51.0 Å². The highest BCUT2D eigenvalue weighted by atomic mass is 32.2. The van der Waals surface area contributed by atoms with Crippen molar-refractivity contribution in [1.82, 2.24) is 36.4 Å². The van der Waals surface area contributed by atoms with E-state index in [2.05, 4.69) is 70.0 Å². The zero-order chi connectivity index (χ0) is 69.3. The Bertz CT molecular complexity index is 3310. The van der Waals surface area contributed by atoms with E-state index < -0.39 is 177 Å². The van der Waals surface area contributed by atoms with Crippen molar-refractivity contribution < 1.29 is 102 Å². The number of rotatable bonds is 23. The van der Waals surface area contributed by atoms with Crippen LogP contribution >= 0.6 is 12.3 Å². The number of nitrogens with two attached hydrogens (primary N) is 1. The molecule has 96 heavy (non-hydrogen) atoms. The first-order chi connectivity index (χ1) is 45.9. The van der Waals surface area contributed by atoms with E-state index in [9.17, 15) is 74.1 Å². The first-order valence-electron chi connectivity index (χ1n) is 31.5.